The summed E-state index contributed by atoms with van der Waals surface area (Å²) in [5, 5.41) is 5.79. The average Bonchev–Trinajstić information content (AvgIpc) is 2.94. The first kappa shape index (κ1) is 16.7. The molecule has 1 N–H and O–H groups in total. The molecule has 0 saturated carbocycles. The van der Waals surface area contributed by atoms with Crippen LogP contribution in [-0.2, 0) is 12.8 Å². The van der Waals surface area contributed by atoms with Gasteiger partial charge < -0.3 is 5.32 Å². The zero-order chi connectivity index (χ0) is 15.2. The molecule has 1 unspecified atom stereocenters. The fourth-order valence-electron chi connectivity index (χ4n) is 2.43. The summed E-state index contributed by atoms with van der Waals surface area (Å²) in [5.41, 5.74) is 2.55. The summed E-state index contributed by atoms with van der Waals surface area (Å²) >= 11 is 5.29. The minimum absolute atomic E-state index is 0.200. The Labute approximate surface area is 138 Å². The summed E-state index contributed by atoms with van der Waals surface area (Å²) in [5.74, 6) is -0.200. The Morgan fingerprint density at radius 3 is 2.71 bits per heavy atom. The van der Waals surface area contributed by atoms with Crippen molar-refractivity contribution < 1.29 is 4.39 Å². The molecule has 1 heterocycles. The van der Waals surface area contributed by atoms with Gasteiger partial charge in [-0.15, -0.1) is 11.3 Å². The summed E-state index contributed by atoms with van der Waals surface area (Å²) in [6, 6.07) is 7.45. The highest BCUT2D eigenvalue weighted by atomic mass is 79.9. The van der Waals surface area contributed by atoms with Gasteiger partial charge >= 0.3 is 0 Å². The van der Waals surface area contributed by atoms with E-state index in [1.165, 1.54) is 16.5 Å². The third-order valence-electron chi connectivity index (χ3n) is 3.56. The fraction of sp³-hybridized carbons (Fsp3) is 0.412. The van der Waals surface area contributed by atoms with Crippen molar-refractivity contribution >= 4 is 27.3 Å². The second kappa shape index (κ2) is 8.06. The minimum Gasteiger partial charge on any atom is -0.309 e. The van der Waals surface area contributed by atoms with Crippen LogP contribution in [0.15, 0.2) is 34.1 Å². The molecule has 0 aliphatic heterocycles. The highest BCUT2D eigenvalue weighted by Crippen LogP contribution is 2.30. The van der Waals surface area contributed by atoms with Crippen molar-refractivity contribution in [3.63, 3.8) is 0 Å². The van der Waals surface area contributed by atoms with Crippen molar-refractivity contribution in [3.05, 3.63) is 55.9 Å². The van der Waals surface area contributed by atoms with Crippen LogP contribution in [0.5, 0.6) is 0 Å². The lowest BCUT2D eigenvalue weighted by molar-refractivity contribution is 0.532. The van der Waals surface area contributed by atoms with E-state index in [4.69, 9.17) is 0 Å². The van der Waals surface area contributed by atoms with E-state index in [1.54, 1.807) is 6.07 Å². The first-order valence-electron chi connectivity index (χ1n) is 7.39. The zero-order valence-corrected chi connectivity index (χ0v) is 14.9. The van der Waals surface area contributed by atoms with Gasteiger partial charge in [-0.1, -0.05) is 35.8 Å². The van der Waals surface area contributed by atoms with Crippen molar-refractivity contribution in [2.24, 2.45) is 0 Å². The van der Waals surface area contributed by atoms with Gasteiger partial charge in [-0.25, -0.2) is 4.39 Å². The summed E-state index contributed by atoms with van der Waals surface area (Å²) in [7, 11) is 0. The summed E-state index contributed by atoms with van der Waals surface area (Å²) in [6.45, 7) is 5.35. The maximum absolute atomic E-state index is 13.2. The van der Waals surface area contributed by atoms with Gasteiger partial charge in [-0.05, 0) is 60.5 Å². The largest absolute Gasteiger partial charge is 0.309 e. The number of rotatable bonds is 7. The smallest absolute Gasteiger partial charge is 0.124 e. The number of halogens is 2. The normalized spacial score (nSPS) is 12.6. The molecule has 0 spiro atoms. The molecular formula is C17H21BrFNS. The number of hydrogen-bond acceptors (Lipinski definition) is 2. The number of nitrogens with one attached hydrogen (secondary N) is 1. The van der Waals surface area contributed by atoms with E-state index in [0.717, 1.165) is 35.8 Å². The van der Waals surface area contributed by atoms with E-state index < -0.39 is 0 Å². The van der Waals surface area contributed by atoms with Crippen LogP contribution in [0.25, 0.3) is 0 Å². The highest BCUT2D eigenvalue weighted by molar-refractivity contribution is 9.10. The van der Waals surface area contributed by atoms with E-state index in [-0.39, 0.29) is 5.82 Å². The molecular weight excluding hydrogens is 349 g/mol. The Morgan fingerprint density at radius 2 is 2.05 bits per heavy atom. The maximum atomic E-state index is 13.2. The van der Waals surface area contributed by atoms with Crippen LogP contribution in [0, 0.1) is 5.82 Å². The Kier molecular flexibility index (Phi) is 6.40. The van der Waals surface area contributed by atoms with E-state index in [0.29, 0.717) is 6.04 Å². The number of thiophene rings is 1. The monoisotopic (exact) mass is 369 g/mol. The van der Waals surface area contributed by atoms with Gasteiger partial charge in [-0.2, -0.15) is 0 Å². The van der Waals surface area contributed by atoms with Crippen LogP contribution in [0.3, 0.4) is 0 Å². The zero-order valence-electron chi connectivity index (χ0n) is 12.5. The van der Waals surface area contributed by atoms with Gasteiger partial charge in [0, 0.05) is 15.4 Å². The molecule has 0 aliphatic carbocycles. The van der Waals surface area contributed by atoms with Crippen molar-refractivity contribution in [3.8, 4) is 0 Å². The van der Waals surface area contributed by atoms with Crippen LogP contribution < -0.4 is 5.32 Å². The molecule has 2 rings (SSSR count). The Balaban J connectivity index is 2.24. The molecule has 2 aromatic rings. The van der Waals surface area contributed by atoms with Crippen molar-refractivity contribution in [1.29, 1.82) is 0 Å². The van der Waals surface area contributed by atoms with Gasteiger partial charge in [0.1, 0.15) is 5.82 Å². The van der Waals surface area contributed by atoms with Crippen LogP contribution in [-0.4, -0.2) is 6.54 Å². The fourth-order valence-corrected chi connectivity index (χ4v) is 4.01. The van der Waals surface area contributed by atoms with Crippen LogP contribution in [0.4, 0.5) is 4.39 Å². The second-order valence-electron chi connectivity index (χ2n) is 5.11. The van der Waals surface area contributed by atoms with Crippen LogP contribution in [0.1, 0.15) is 42.3 Å². The first-order valence-corrected chi connectivity index (χ1v) is 9.06. The van der Waals surface area contributed by atoms with E-state index >= 15 is 0 Å². The van der Waals surface area contributed by atoms with Crippen LogP contribution >= 0.6 is 27.3 Å². The van der Waals surface area contributed by atoms with Crippen molar-refractivity contribution in [2.75, 3.05) is 6.54 Å². The lowest BCUT2D eigenvalue weighted by atomic mass is 10.0. The van der Waals surface area contributed by atoms with E-state index in [1.807, 2.05) is 17.4 Å². The van der Waals surface area contributed by atoms with Crippen molar-refractivity contribution in [2.45, 2.75) is 39.2 Å². The maximum Gasteiger partial charge on any atom is 0.124 e. The molecule has 114 valence electrons. The van der Waals surface area contributed by atoms with Gasteiger partial charge in [0.05, 0.1) is 0 Å². The van der Waals surface area contributed by atoms with E-state index in [2.05, 4.69) is 46.5 Å². The standard InChI is InChI=1S/C17H21BrFNS/c1-3-8-20-16(17-12(4-2)7-9-21-17)10-13-5-6-14(19)11-15(13)18/h5-7,9,11,16,20H,3-4,8,10H2,1-2H3. The third-order valence-corrected chi connectivity index (χ3v) is 5.37. The summed E-state index contributed by atoms with van der Waals surface area (Å²) in [4.78, 5) is 1.40. The molecule has 0 saturated heterocycles. The molecule has 21 heavy (non-hydrogen) atoms. The Bertz CT molecular complexity index is 582. The summed E-state index contributed by atoms with van der Waals surface area (Å²) in [6.07, 6.45) is 3.02. The van der Waals surface area contributed by atoms with Crippen LogP contribution in [0.2, 0.25) is 0 Å². The quantitative estimate of drug-likeness (QED) is 0.679. The SMILES string of the molecule is CCCNC(Cc1ccc(F)cc1Br)c1sccc1CC. The Morgan fingerprint density at radius 1 is 1.24 bits per heavy atom. The number of benzene rings is 1. The summed E-state index contributed by atoms with van der Waals surface area (Å²) < 4.78 is 14.1. The predicted octanol–water partition coefficient (Wildman–Crippen LogP) is 5.50. The number of aryl methyl sites for hydroxylation is 1. The van der Waals surface area contributed by atoms with E-state index in [9.17, 15) is 4.39 Å². The molecule has 1 nitrogen and oxygen atoms in total. The molecule has 0 bridgehead atoms. The Hall–Kier alpha value is -0.710. The third kappa shape index (κ3) is 4.38. The average molecular weight is 370 g/mol. The number of hydrogen-bond donors (Lipinski definition) is 1. The van der Waals surface area contributed by atoms with Gasteiger partial charge in [0.25, 0.3) is 0 Å². The molecule has 0 fully saturated rings. The van der Waals surface area contributed by atoms with Crippen molar-refractivity contribution in [1.82, 2.24) is 5.32 Å². The topological polar surface area (TPSA) is 12.0 Å². The predicted molar refractivity (Wildman–Crippen MR) is 92.5 cm³/mol. The first-order chi connectivity index (χ1) is 10.2. The minimum atomic E-state index is -0.200. The molecule has 0 amide bonds. The highest BCUT2D eigenvalue weighted by Gasteiger charge is 2.17. The molecule has 0 radical (unpaired) electrons. The molecule has 1 aromatic carbocycles. The lowest BCUT2D eigenvalue weighted by Gasteiger charge is -2.20. The molecule has 0 aliphatic rings. The van der Waals surface area contributed by atoms with Gasteiger partial charge in [-0.3, -0.25) is 0 Å². The lowest BCUT2D eigenvalue weighted by Crippen LogP contribution is -2.24. The molecule has 1 aromatic heterocycles. The van der Waals surface area contributed by atoms with Gasteiger partial charge in [0.2, 0.25) is 0 Å². The molecule has 4 heteroatoms. The second-order valence-corrected chi connectivity index (χ2v) is 6.91. The molecule has 1 atom stereocenters. The van der Waals surface area contributed by atoms with Gasteiger partial charge in [0.15, 0.2) is 0 Å².